The molecule has 0 unspecified atom stereocenters. The molecule has 4 rings (SSSR count). The molecule has 9 heteroatoms. The van der Waals surface area contributed by atoms with Gasteiger partial charge in [0, 0.05) is 17.1 Å². The van der Waals surface area contributed by atoms with Gasteiger partial charge in [-0.05, 0) is 24.3 Å². The second-order valence-corrected chi connectivity index (χ2v) is 6.67. The van der Waals surface area contributed by atoms with Crippen molar-refractivity contribution in [3.05, 3.63) is 64.8 Å². The molecule has 0 saturated carbocycles. The first-order chi connectivity index (χ1) is 13.0. The minimum Gasteiger partial charge on any atom is -0.370 e. The smallest absolute Gasteiger partial charge is 0.261 e. The molecule has 0 fully saturated rings. The maximum Gasteiger partial charge on any atom is 0.261 e. The number of carbonyl (C=O) groups is 2. The summed E-state index contributed by atoms with van der Waals surface area (Å²) < 4.78 is 0. The highest BCUT2D eigenvalue weighted by molar-refractivity contribution is 7.13. The number of nitrogens with two attached hydrogens (primary N) is 2. The maximum atomic E-state index is 12.5. The molecule has 0 saturated heterocycles. The van der Waals surface area contributed by atoms with Crippen LogP contribution in [0.2, 0.25) is 0 Å². The fourth-order valence-electron chi connectivity index (χ4n) is 2.83. The maximum absolute atomic E-state index is 12.5. The standard InChI is InChI=1S/C18H14N6O2S/c19-17(20)23-18-22-14(9-27-18)10-5-6-21-11(7-10)8-24-15(25)12-3-1-2-4-13(12)16(24)26/h1-7,9H,8H2,(H4,19,20,22,23). The number of aromatic nitrogens is 2. The van der Waals surface area contributed by atoms with Crippen LogP contribution in [-0.2, 0) is 6.54 Å². The van der Waals surface area contributed by atoms with Gasteiger partial charge in [-0.25, -0.2) is 4.98 Å². The SMILES string of the molecule is NC(N)=Nc1nc(-c2ccnc(CN3C(=O)c4ccccc4C3=O)c2)cs1. The number of fused-ring (bicyclic) bond motifs is 1. The Hall–Kier alpha value is -3.59. The molecule has 134 valence electrons. The first-order valence-corrected chi connectivity index (χ1v) is 8.86. The van der Waals surface area contributed by atoms with Gasteiger partial charge in [0.25, 0.3) is 11.8 Å². The number of amides is 2. The first kappa shape index (κ1) is 16.9. The van der Waals surface area contributed by atoms with E-state index in [2.05, 4.69) is 15.0 Å². The van der Waals surface area contributed by atoms with Crippen molar-refractivity contribution in [2.75, 3.05) is 0 Å². The van der Waals surface area contributed by atoms with Crippen LogP contribution in [0.15, 0.2) is 53.0 Å². The first-order valence-electron chi connectivity index (χ1n) is 7.98. The van der Waals surface area contributed by atoms with Crippen molar-refractivity contribution in [2.24, 2.45) is 16.5 Å². The summed E-state index contributed by atoms with van der Waals surface area (Å²) in [6.07, 6.45) is 1.61. The van der Waals surface area contributed by atoms with Gasteiger partial charge in [0.1, 0.15) is 0 Å². The Morgan fingerprint density at radius 3 is 2.48 bits per heavy atom. The van der Waals surface area contributed by atoms with Gasteiger partial charge in [0.05, 0.1) is 29.1 Å². The van der Waals surface area contributed by atoms with Crippen LogP contribution >= 0.6 is 11.3 Å². The van der Waals surface area contributed by atoms with Gasteiger partial charge in [-0.2, -0.15) is 4.99 Å². The van der Waals surface area contributed by atoms with Gasteiger partial charge in [-0.3, -0.25) is 19.5 Å². The van der Waals surface area contributed by atoms with Crippen LogP contribution in [0.3, 0.4) is 0 Å². The average molecular weight is 378 g/mol. The summed E-state index contributed by atoms with van der Waals surface area (Å²) in [5.74, 6) is -0.685. The zero-order valence-electron chi connectivity index (χ0n) is 14.0. The third kappa shape index (κ3) is 3.15. The third-order valence-electron chi connectivity index (χ3n) is 4.03. The molecule has 4 N–H and O–H groups in total. The summed E-state index contributed by atoms with van der Waals surface area (Å²) >= 11 is 1.31. The van der Waals surface area contributed by atoms with Gasteiger partial charge in [-0.15, -0.1) is 11.3 Å². The molecule has 8 nitrogen and oxygen atoms in total. The second-order valence-electron chi connectivity index (χ2n) is 5.83. The number of aliphatic imine (C=N–C) groups is 1. The summed E-state index contributed by atoms with van der Waals surface area (Å²) in [7, 11) is 0. The topological polar surface area (TPSA) is 128 Å². The minimum absolute atomic E-state index is 0.0584. The number of pyridine rings is 1. The number of imide groups is 1. The molecule has 0 atom stereocenters. The highest BCUT2D eigenvalue weighted by Crippen LogP contribution is 2.28. The van der Waals surface area contributed by atoms with E-state index in [1.807, 2.05) is 5.38 Å². The number of hydrogen-bond acceptors (Lipinski definition) is 6. The molecular formula is C18H14N6O2S. The summed E-state index contributed by atoms with van der Waals surface area (Å²) in [4.78, 5) is 38.7. The minimum atomic E-state index is -0.313. The van der Waals surface area contributed by atoms with Crippen molar-refractivity contribution in [3.8, 4) is 11.3 Å². The number of thiazole rings is 1. The van der Waals surface area contributed by atoms with E-state index in [4.69, 9.17) is 11.5 Å². The van der Waals surface area contributed by atoms with E-state index in [-0.39, 0.29) is 24.3 Å². The largest absolute Gasteiger partial charge is 0.370 e. The number of guanidine groups is 1. The zero-order chi connectivity index (χ0) is 19.0. The predicted molar refractivity (Wildman–Crippen MR) is 101 cm³/mol. The lowest BCUT2D eigenvalue weighted by molar-refractivity contribution is 0.0640. The van der Waals surface area contributed by atoms with E-state index in [1.54, 1.807) is 42.6 Å². The number of carbonyl (C=O) groups excluding carboxylic acids is 2. The monoisotopic (exact) mass is 378 g/mol. The fraction of sp³-hybridized carbons (Fsp3) is 0.0556. The molecule has 3 aromatic rings. The van der Waals surface area contributed by atoms with Gasteiger partial charge in [-0.1, -0.05) is 12.1 Å². The lowest BCUT2D eigenvalue weighted by Gasteiger charge is -2.13. The van der Waals surface area contributed by atoms with E-state index in [0.29, 0.717) is 27.6 Å². The zero-order valence-corrected chi connectivity index (χ0v) is 14.8. The van der Waals surface area contributed by atoms with Gasteiger partial charge < -0.3 is 11.5 Å². The Kier molecular flexibility index (Phi) is 4.13. The Balaban J connectivity index is 1.59. The highest BCUT2D eigenvalue weighted by Gasteiger charge is 2.35. The van der Waals surface area contributed by atoms with Crippen molar-refractivity contribution >= 4 is 34.2 Å². The molecule has 27 heavy (non-hydrogen) atoms. The van der Waals surface area contributed by atoms with Crippen molar-refractivity contribution in [2.45, 2.75) is 6.54 Å². The average Bonchev–Trinajstić information content (AvgIpc) is 3.21. The molecule has 0 aliphatic carbocycles. The van der Waals surface area contributed by atoms with E-state index >= 15 is 0 Å². The van der Waals surface area contributed by atoms with Crippen LogP contribution in [-0.4, -0.2) is 32.6 Å². The molecular weight excluding hydrogens is 364 g/mol. The van der Waals surface area contributed by atoms with Crippen molar-refractivity contribution in [3.63, 3.8) is 0 Å². The van der Waals surface area contributed by atoms with Crippen molar-refractivity contribution < 1.29 is 9.59 Å². The quantitative estimate of drug-likeness (QED) is 0.405. The summed E-state index contributed by atoms with van der Waals surface area (Å²) in [6, 6.07) is 10.4. The van der Waals surface area contributed by atoms with E-state index < -0.39 is 0 Å². The number of hydrogen-bond donors (Lipinski definition) is 2. The summed E-state index contributed by atoms with van der Waals surface area (Å²) in [5, 5.41) is 2.27. The Bertz CT molecular complexity index is 1050. The van der Waals surface area contributed by atoms with Gasteiger partial charge in [0.2, 0.25) is 5.13 Å². The molecule has 1 aliphatic rings. The fourth-order valence-corrected chi connectivity index (χ4v) is 3.54. The van der Waals surface area contributed by atoms with Crippen LogP contribution in [0, 0.1) is 0 Å². The van der Waals surface area contributed by atoms with Crippen LogP contribution in [0.4, 0.5) is 5.13 Å². The number of rotatable bonds is 4. The predicted octanol–water partition coefficient (Wildman–Crippen LogP) is 1.91. The normalized spacial score (nSPS) is 13.0. The molecule has 0 bridgehead atoms. The molecule has 2 aromatic heterocycles. The van der Waals surface area contributed by atoms with Crippen molar-refractivity contribution in [1.29, 1.82) is 0 Å². The third-order valence-corrected chi connectivity index (χ3v) is 4.76. The molecule has 1 aliphatic heterocycles. The van der Waals surface area contributed by atoms with Crippen LogP contribution in [0.5, 0.6) is 0 Å². The van der Waals surface area contributed by atoms with Crippen LogP contribution < -0.4 is 11.5 Å². The van der Waals surface area contributed by atoms with E-state index in [0.717, 1.165) is 5.56 Å². The number of nitrogens with zero attached hydrogens (tertiary/aromatic N) is 4. The molecule has 1 aromatic carbocycles. The van der Waals surface area contributed by atoms with E-state index in [1.165, 1.54) is 16.2 Å². The molecule has 3 heterocycles. The van der Waals surface area contributed by atoms with E-state index in [9.17, 15) is 9.59 Å². The molecule has 2 amide bonds. The molecule has 0 spiro atoms. The van der Waals surface area contributed by atoms with Crippen LogP contribution in [0.1, 0.15) is 26.4 Å². The van der Waals surface area contributed by atoms with Gasteiger partial charge in [0.15, 0.2) is 5.96 Å². The van der Waals surface area contributed by atoms with Gasteiger partial charge >= 0.3 is 0 Å². The van der Waals surface area contributed by atoms with Crippen LogP contribution in [0.25, 0.3) is 11.3 Å². The lowest BCUT2D eigenvalue weighted by atomic mass is 10.1. The Labute approximate surface area is 158 Å². The second kappa shape index (κ2) is 6.61. The number of benzene rings is 1. The Morgan fingerprint density at radius 1 is 1.11 bits per heavy atom. The lowest BCUT2D eigenvalue weighted by Crippen LogP contribution is -2.29. The summed E-state index contributed by atoms with van der Waals surface area (Å²) in [5.41, 5.74) is 13.6. The molecule has 0 radical (unpaired) electrons. The summed E-state index contributed by atoms with van der Waals surface area (Å²) in [6.45, 7) is 0.0884. The van der Waals surface area contributed by atoms with Crippen molar-refractivity contribution in [1.82, 2.24) is 14.9 Å². The highest BCUT2D eigenvalue weighted by atomic mass is 32.1. The Morgan fingerprint density at radius 2 is 1.81 bits per heavy atom.